The third kappa shape index (κ3) is 6.91. The van der Waals surface area contributed by atoms with Crippen molar-refractivity contribution in [2.75, 3.05) is 27.4 Å². The van der Waals surface area contributed by atoms with E-state index in [-0.39, 0.29) is 11.9 Å². The first kappa shape index (κ1) is 15.9. The van der Waals surface area contributed by atoms with Gasteiger partial charge in [0.25, 0.3) is 0 Å². The topological polar surface area (TPSA) is 76.7 Å². The SMILES string of the molecule is CCC(COC)NCC(NC(C)=O)C(=O)OC. The van der Waals surface area contributed by atoms with Gasteiger partial charge in [-0.3, -0.25) is 4.79 Å². The molecule has 6 heteroatoms. The Balaban J connectivity index is 4.22. The van der Waals surface area contributed by atoms with Crippen LogP contribution in [0.25, 0.3) is 0 Å². The van der Waals surface area contributed by atoms with E-state index in [0.29, 0.717) is 13.2 Å². The van der Waals surface area contributed by atoms with Crippen molar-refractivity contribution in [1.29, 1.82) is 0 Å². The zero-order valence-corrected chi connectivity index (χ0v) is 10.9. The molecule has 0 radical (unpaired) electrons. The molecule has 0 aromatic heterocycles. The van der Waals surface area contributed by atoms with E-state index in [0.717, 1.165) is 6.42 Å². The molecule has 6 nitrogen and oxygen atoms in total. The summed E-state index contributed by atoms with van der Waals surface area (Å²) in [5, 5.41) is 5.69. The summed E-state index contributed by atoms with van der Waals surface area (Å²) in [4.78, 5) is 22.3. The molecule has 0 aromatic carbocycles. The van der Waals surface area contributed by atoms with E-state index < -0.39 is 12.0 Å². The third-order valence-electron chi connectivity index (χ3n) is 2.33. The Morgan fingerprint density at radius 3 is 2.35 bits per heavy atom. The Morgan fingerprint density at radius 2 is 1.94 bits per heavy atom. The van der Waals surface area contributed by atoms with Crippen molar-refractivity contribution in [1.82, 2.24) is 10.6 Å². The summed E-state index contributed by atoms with van der Waals surface area (Å²) in [6.45, 7) is 4.27. The number of esters is 1. The number of carbonyl (C=O) groups is 2. The largest absolute Gasteiger partial charge is 0.467 e. The Kier molecular flexibility index (Phi) is 8.35. The van der Waals surface area contributed by atoms with E-state index in [2.05, 4.69) is 15.4 Å². The van der Waals surface area contributed by atoms with Crippen LogP contribution in [-0.4, -0.2) is 51.3 Å². The smallest absolute Gasteiger partial charge is 0.329 e. The van der Waals surface area contributed by atoms with E-state index in [9.17, 15) is 9.59 Å². The molecule has 0 saturated carbocycles. The fourth-order valence-electron chi connectivity index (χ4n) is 1.39. The molecule has 0 rings (SSSR count). The number of ether oxygens (including phenoxy) is 2. The first-order valence-corrected chi connectivity index (χ1v) is 5.62. The van der Waals surface area contributed by atoms with Gasteiger partial charge in [0.2, 0.25) is 5.91 Å². The van der Waals surface area contributed by atoms with Crippen LogP contribution in [0.4, 0.5) is 0 Å². The zero-order chi connectivity index (χ0) is 13.3. The summed E-state index contributed by atoms with van der Waals surface area (Å²) in [6.07, 6.45) is 0.877. The second-order valence-electron chi connectivity index (χ2n) is 3.75. The highest BCUT2D eigenvalue weighted by atomic mass is 16.5. The Hall–Kier alpha value is -1.14. The minimum absolute atomic E-state index is 0.154. The minimum atomic E-state index is -0.664. The molecule has 100 valence electrons. The van der Waals surface area contributed by atoms with Gasteiger partial charge in [-0.15, -0.1) is 0 Å². The molecule has 2 atom stereocenters. The van der Waals surface area contributed by atoms with E-state index in [1.807, 2.05) is 6.92 Å². The lowest BCUT2D eigenvalue weighted by Crippen LogP contribution is -2.49. The highest BCUT2D eigenvalue weighted by Gasteiger charge is 2.20. The molecule has 0 fully saturated rings. The van der Waals surface area contributed by atoms with Gasteiger partial charge in [-0.1, -0.05) is 6.92 Å². The average molecular weight is 246 g/mol. The quantitative estimate of drug-likeness (QED) is 0.574. The number of methoxy groups -OCH3 is 2. The summed E-state index contributed by atoms with van der Waals surface area (Å²) >= 11 is 0. The maximum atomic E-state index is 11.4. The number of rotatable bonds is 8. The maximum absolute atomic E-state index is 11.4. The molecule has 0 heterocycles. The molecule has 17 heavy (non-hydrogen) atoms. The zero-order valence-electron chi connectivity index (χ0n) is 10.9. The van der Waals surface area contributed by atoms with Gasteiger partial charge in [-0.25, -0.2) is 4.79 Å². The van der Waals surface area contributed by atoms with Crippen LogP contribution >= 0.6 is 0 Å². The van der Waals surface area contributed by atoms with Gasteiger partial charge in [0.15, 0.2) is 0 Å². The van der Waals surface area contributed by atoms with Crippen molar-refractivity contribution in [2.45, 2.75) is 32.4 Å². The second kappa shape index (κ2) is 8.95. The molecule has 0 bridgehead atoms. The van der Waals surface area contributed by atoms with Gasteiger partial charge >= 0.3 is 5.97 Å². The first-order valence-electron chi connectivity index (χ1n) is 5.62. The lowest BCUT2D eigenvalue weighted by atomic mass is 10.2. The number of carbonyl (C=O) groups excluding carboxylic acids is 2. The summed E-state index contributed by atoms with van der Waals surface area (Å²) in [5.41, 5.74) is 0. The number of hydrogen-bond donors (Lipinski definition) is 2. The molecule has 1 amide bonds. The van der Waals surface area contributed by atoms with E-state index in [1.54, 1.807) is 7.11 Å². The third-order valence-corrected chi connectivity index (χ3v) is 2.33. The first-order chi connectivity index (χ1) is 8.04. The van der Waals surface area contributed by atoms with Crippen LogP contribution in [0, 0.1) is 0 Å². The highest BCUT2D eigenvalue weighted by Crippen LogP contribution is 1.94. The standard InChI is InChI=1S/C11H22N2O4/c1-5-9(7-16-3)12-6-10(11(15)17-4)13-8(2)14/h9-10,12H,5-7H2,1-4H3,(H,13,14). The molecule has 0 spiro atoms. The van der Waals surface area contributed by atoms with Crippen molar-refractivity contribution in [2.24, 2.45) is 0 Å². The fourth-order valence-corrected chi connectivity index (χ4v) is 1.39. The minimum Gasteiger partial charge on any atom is -0.467 e. The maximum Gasteiger partial charge on any atom is 0.329 e. The predicted molar refractivity (Wildman–Crippen MR) is 63.6 cm³/mol. The van der Waals surface area contributed by atoms with Crippen LogP contribution in [-0.2, 0) is 19.1 Å². The molecule has 2 unspecified atom stereocenters. The molecule has 0 aliphatic heterocycles. The lowest BCUT2D eigenvalue weighted by molar-refractivity contribution is -0.144. The Labute approximate surface area is 102 Å². The molecule has 0 saturated heterocycles. The van der Waals surface area contributed by atoms with Gasteiger partial charge in [-0.05, 0) is 6.42 Å². The van der Waals surface area contributed by atoms with Crippen LogP contribution < -0.4 is 10.6 Å². The highest BCUT2D eigenvalue weighted by molar-refractivity contribution is 5.83. The van der Waals surface area contributed by atoms with Crippen LogP contribution in [0.1, 0.15) is 20.3 Å². The monoisotopic (exact) mass is 246 g/mol. The van der Waals surface area contributed by atoms with Crippen LogP contribution in [0.5, 0.6) is 0 Å². The molecular formula is C11H22N2O4. The van der Waals surface area contributed by atoms with Crippen molar-refractivity contribution in [3.05, 3.63) is 0 Å². The van der Waals surface area contributed by atoms with Crippen LogP contribution in [0.2, 0.25) is 0 Å². The van der Waals surface area contributed by atoms with Gasteiger partial charge in [0, 0.05) is 26.6 Å². The summed E-state index contributed by atoms with van der Waals surface area (Å²) in [6, 6.07) is -0.510. The number of hydrogen-bond acceptors (Lipinski definition) is 5. The molecular weight excluding hydrogens is 224 g/mol. The fraction of sp³-hybridized carbons (Fsp3) is 0.818. The van der Waals surface area contributed by atoms with E-state index >= 15 is 0 Å². The molecule has 0 aromatic rings. The van der Waals surface area contributed by atoms with Crippen molar-refractivity contribution < 1.29 is 19.1 Å². The lowest BCUT2D eigenvalue weighted by Gasteiger charge is -2.20. The van der Waals surface area contributed by atoms with Gasteiger partial charge in [0.05, 0.1) is 13.7 Å². The van der Waals surface area contributed by atoms with E-state index in [1.165, 1.54) is 14.0 Å². The summed E-state index contributed by atoms with van der Waals surface area (Å²) in [5.74, 6) is -0.720. The average Bonchev–Trinajstić information content (AvgIpc) is 2.31. The summed E-state index contributed by atoms with van der Waals surface area (Å²) < 4.78 is 9.64. The number of amides is 1. The Morgan fingerprint density at radius 1 is 1.29 bits per heavy atom. The van der Waals surface area contributed by atoms with E-state index in [4.69, 9.17) is 4.74 Å². The normalized spacial score (nSPS) is 13.9. The molecule has 0 aliphatic rings. The molecule has 0 aliphatic carbocycles. The second-order valence-corrected chi connectivity index (χ2v) is 3.75. The predicted octanol–water partition coefficient (Wildman–Crippen LogP) is -0.321. The Bertz CT molecular complexity index is 246. The van der Waals surface area contributed by atoms with Crippen molar-refractivity contribution >= 4 is 11.9 Å². The van der Waals surface area contributed by atoms with Crippen LogP contribution in [0.15, 0.2) is 0 Å². The number of nitrogens with one attached hydrogen (secondary N) is 2. The summed E-state index contributed by atoms with van der Waals surface area (Å²) in [7, 11) is 2.92. The van der Waals surface area contributed by atoms with Crippen molar-refractivity contribution in [3.63, 3.8) is 0 Å². The van der Waals surface area contributed by atoms with Crippen LogP contribution in [0.3, 0.4) is 0 Å². The molecule has 2 N–H and O–H groups in total. The van der Waals surface area contributed by atoms with Gasteiger partial charge in [-0.2, -0.15) is 0 Å². The van der Waals surface area contributed by atoms with Gasteiger partial charge < -0.3 is 20.1 Å². The van der Waals surface area contributed by atoms with Crippen molar-refractivity contribution in [3.8, 4) is 0 Å². The van der Waals surface area contributed by atoms with Gasteiger partial charge in [0.1, 0.15) is 6.04 Å².